The van der Waals surface area contributed by atoms with Gasteiger partial charge in [0.2, 0.25) is 0 Å². The van der Waals surface area contributed by atoms with Crippen molar-refractivity contribution < 1.29 is 18.7 Å². The van der Waals surface area contributed by atoms with Crippen molar-refractivity contribution in [1.82, 2.24) is 9.88 Å². The predicted molar refractivity (Wildman–Crippen MR) is 154 cm³/mol. The van der Waals surface area contributed by atoms with Gasteiger partial charge in [-0.2, -0.15) is 0 Å². The standard InChI is InChI=1S/C33H35FN2O3/c1-6-10-25-14-13-24(17-28(25)34)19-35-32(37)30-27-16-15-26(39-33(38)22(4)5)18-29(27)36(31(30)21(2)3)20-23-11-8-7-9-12-23/h6-18,21-22H,19-20H2,1-5H3,(H,35,37)/b10-6-. The SMILES string of the molecule is C/C=C\c1ccc(CNC(=O)c2c(C(C)C)n(Cc3ccccc3)c3cc(OC(=O)C(C)C)ccc23)cc1F. The van der Waals surface area contributed by atoms with Gasteiger partial charge >= 0.3 is 5.97 Å². The number of allylic oxidation sites excluding steroid dienone is 1. The van der Waals surface area contributed by atoms with Gasteiger partial charge in [-0.3, -0.25) is 9.59 Å². The maximum Gasteiger partial charge on any atom is 0.313 e. The van der Waals surface area contributed by atoms with Crippen LogP contribution in [0.15, 0.2) is 72.8 Å². The first kappa shape index (κ1) is 27.8. The molecular formula is C33H35FN2O3. The van der Waals surface area contributed by atoms with Crippen molar-refractivity contribution in [3.8, 4) is 5.75 Å². The number of aromatic nitrogens is 1. The lowest BCUT2D eigenvalue weighted by atomic mass is 10.0. The third-order valence-corrected chi connectivity index (χ3v) is 6.59. The Morgan fingerprint density at radius 3 is 2.36 bits per heavy atom. The quantitative estimate of drug-likeness (QED) is 0.182. The monoisotopic (exact) mass is 526 g/mol. The second kappa shape index (κ2) is 12.1. The van der Waals surface area contributed by atoms with E-state index in [1.54, 1.807) is 38.1 Å². The van der Waals surface area contributed by atoms with Gasteiger partial charge in [0.1, 0.15) is 11.6 Å². The largest absolute Gasteiger partial charge is 0.426 e. The van der Waals surface area contributed by atoms with Crippen LogP contribution < -0.4 is 10.1 Å². The van der Waals surface area contributed by atoms with Crippen LogP contribution in [0.25, 0.3) is 17.0 Å². The Hall–Kier alpha value is -4.19. The van der Waals surface area contributed by atoms with E-state index in [9.17, 15) is 14.0 Å². The maximum absolute atomic E-state index is 14.4. The first-order valence-electron chi connectivity index (χ1n) is 13.3. The lowest BCUT2D eigenvalue weighted by Crippen LogP contribution is -2.24. The topological polar surface area (TPSA) is 60.3 Å². The number of fused-ring (bicyclic) bond motifs is 1. The molecule has 0 saturated heterocycles. The molecule has 1 amide bonds. The molecule has 1 N–H and O–H groups in total. The number of nitrogens with one attached hydrogen (secondary N) is 1. The fourth-order valence-corrected chi connectivity index (χ4v) is 4.69. The summed E-state index contributed by atoms with van der Waals surface area (Å²) in [5.41, 5.74) is 4.54. The number of esters is 1. The molecule has 0 aliphatic rings. The fraction of sp³-hybridized carbons (Fsp3) is 0.273. The van der Waals surface area contributed by atoms with E-state index in [2.05, 4.69) is 23.7 Å². The highest BCUT2D eigenvalue weighted by Gasteiger charge is 2.25. The van der Waals surface area contributed by atoms with E-state index in [1.807, 2.05) is 55.5 Å². The van der Waals surface area contributed by atoms with Gasteiger partial charge in [-0.15, -0.1) is 0 Å². The highest BCUT2D eigenvalue weighted by molar-refractivity contribution is 6.09. The summed E-state index contributed by atoms with van der Waals surface area (Å²) in [5.74, 6) is -0.675. The van der Waals surface area contributed by atoms with Crippen LogP contribution in [0.5, 0.6) is 5.75 Å². The second-order valence-electron chi connectivity index (χ2n) is 10.3. The summed E-state index contributed by atoms with van der Waals surface area (Å²) in [7, 11) is 0. The van der Waals surface area contributed by atoms with E-state index >= 15 is 0 Å². The summed E-state index contributed by atoms with van der Waals surface area (Å²) in [4.78, 5) is 26.0. The number of nitrogens with zero attached hydrogens (tertiary/aromatic N) is 1. The van der Waals surface area contributed by atoms with E-state index in [0.717, 1.165) is 22.2 Å². The zero-order valence-electron chi connectivity index (χ0n) is 23.1. The average Bonchev–Trinajstić information content (AvgIpc) is 3.23. The minimum atomic E-state index is -0.328. The molecule has 3 aromatic carbocycles. The van der Waals surface area contributed by atoms with Crippen molar-refractivity contribution in [3.05, 3.63) is 107 Å². The normalized spacial score (nSPS) is 11.6. The second-order valence-corrected chi connectivity index (χ2v) is 10.3. The minimum absolute atomic E-state index is 0.0288. The van der Waals surface area contributed by atoms with Gasteiger partial charge in [0.15, 0.2) is 0 Å². The molecule has 0 fully saturated rings. The number of hydrogen-bond acceptors (Lipinski definition) is 3. The number of carbonyl (C=O) groups is 2. The summed E-state index contributed by atoms with van der Waals surface area (Å²) >= 11 is 0. The fourth-order valence-electron chi connectivity index (χ4n) is 4.69. The molecule has 202 valence electrons. The van der Waals surface area contributed by atoms with Gasteiger partial charge in [-0.05, 0) is 42.2 Å². The number of hydrogen-bond donors (Lipinski definition) is 1. The molecule has 1 aromatic heterocycles. The van der Waals surface area contributed by atoms with Crippen molar-refractivity contribution in [3.63, 3.8) is 0 Å². The number of halogens is 1. The lowest BCUT2D eigenvalue weighted by molar-refractivity contribution is -0.137. The first-order chi connectivity index (χ1) is 18.7. The smallest absolute Gasteiger partial charge is 0.313 e. The Morgan fingerprint density at radius 2 is 1.72 bits per heavy atom. The Labute approximate surface area is 229 Å². The van der Waals surface area contributed by atoms with Crippen LogP contribution in [0, 0.1) is 11.7 Å². The number of amides is 1. The van der Waals surface area contributed by atoms with Crippen molar-refractivity contribution in [2.75, 3.05) is 0 Å². The Bertz CT molecular complexity index is 1520. The van der Waals surface area contributed by atoms with Crippen molar-refractivity contribution in [2.45, 2.75) is 53.6 Å². The number of ether oxygens (including phenoxy) is 1. The summed E-state index contributed by atoms with van der Waals surface area (Å²) in [6.07, 6.45) is 3.49. The van der Waals surface area contributed by atoms with Gasteiger partial charge in [-0.25, -0.2) is 4.39 Å². The maximum atomic E-state index is 14.4. The molecule has 4 aromatic rings. The number of benzene rings is 3. The average molecular weight is 527 g/mol. The van der Waals surface area contributed by atoms with E-state index < -0.39 is 0 Å². The van der Waals surface area contributed by atoms with Gasteiger partial charge in [-0.1, -0.05) is 82.3 Å². The third-order valence-electron chi connectivity index (χ3n) is 6.59. The lowest BCUT2D eigenvalue weighted by Gasteiger charge is -2.16. The summed E-state index contributed by atoms with van der Waals surface area (Å²) in [6.45, 7) is 10.3. The van der Waals surface area contributed by atoms with Gasteiger partial charge in [0.25, 0.3) is 5.91 Å². The summed E-state index contributed by atoms with van der Waals surface area (Å²) < 4.78 is 22.2. The van der Waals surface area contributed by atoms with Crippen LogP contribution in [0.4, 0.5) is 4.39 Å². The van der Waals surface area contributed by atoms with Crippen molar-refractivity contribution in [2.24, 2.45) is 5.92 Å². The molecular weight excluding hydrogens is 491 g/mol. The molecule has 0 atom stereocenters. The first-order valence-corrected chi connectivity index (χ1v) is 13.3. The molecule has 0 radical (unpaired) electrons. The molecule has 0 unspecified atom stereocenters. The highest BCUT2D eigenvalue weighted by Crippen LogP contribution is 2.34. The molecule has 1 heterocycles. The van der Waals surface area contributed by atoms with Crippen LogP contribution in [0.3, 0.4) is 0 Å². The van der Waals surface area contributed by atoms with E-state index in [-0.39, 0.29) is 36.1 Å². The molecule has 0 spiro atoms. The van der Waals surface area contributed by atoms with Gasteiger partial charge < -0.3 is 14.6 Å². The number of rotatable bonds is 9. The van der Waals surface area contributed by atoms with Crippen molar-refractivity contribution in [1.29, 1.82) is 0 Å². The third kappa shape index (κ3) is 6.28. The van der Waals surface area contributed by atoms with E-state index in [4.69, 9.17) is 4.74 Å². The molecule has 0 aliphatic carbocycles. The Kier molecular flexibility index (Phi) is 8.65. The highest BCUT2D eigenvalue weighted by atomic mass is 19.1. The molecule has 39 heavy (non-hydrogen) atoms. The van der Waals surface area contributed by atoms with E-state index in [0.29, 0.717) is 29.0 Å². The van der Waals surface area contributed by atoms with Crippen LogP contribution in [0.2, 0.25) is 0 Å². The van der Waals surface area contributed by atoms with Gasteiger partial charge in [0, 0.05) is 35.8 Å². The van der Waals surface area contributed by atoms with Crippen molar-refractivity contribution >= 4 is 28.9 Å². The summed E-state index contributed by atoms with van der Waals surface area (Å²) in [5, 5.41) is 3.77. The van der Waals surface area contributed by atoms with Crippen LogP contribution in [-0.4, -0.2) is 16.4 Å². The predicted octanol–water partition coefficient (Wildman–Crippen LogP) is 7.48. The molecule has 4 rings (SSSR count). The van der Waals surface area contributed by atoms with Gasteiger partial charge in [0.05, 0.1) is 17.0 Å². The zero-order valence-corrected chi connectivity index (χ0v) is 23.1. The van der Waals surface area contributed by atoms with E-state index in [1.165, 1.54) is 6.07 Å². The van der Waals surface area contributed by atoms with Crippen LogP contribution >= 0.6 is 0 Å². The Morgan fingerprint density at radius 1 is 0.974 bits per heavy atom. The molecule has 5 nitrogen and oxygen atoms in total. The number of carbonyl (C=O) groups excluding carboxylic acids is 2. The molecule has 6 heteroatoms. The molecule has 0 saturated carbocycles. The Balaban J connectivity index is 1.76. The zero-order chi connectivity index (χ0) is 28.1. The molecule has 0 bridgehead atoms. The summed E-state index contributed by atoms with van der Waals surface area (Å²) in [6, 6.07) is 20.4. The minimum Gasteiger partial charge on any atom is -0.426 e. The van der Waals surface area contributed by atoms with Crippen LogP contribution in [-0.2, 0) is 17.9 Å². The van der Waals surface area contributed by atoms with Crippen LogP contribution in [0.1, 0.15) is 73.3 Å². The molecule has 0 aliphatic heterocycles.